The molecule has 0 radical (unpaired) electrons. The Morgan fingerprint density at radius 1 is 1.14 bits per heavy atom. The van der Waals surface area contributed by atoms with Gasteiger partial charge in [0.25, 0.3) is 11.6 Å². The first kappa shape index (κ1) is 12.8. The van der Waals surface area contributed by atoms with E-state index in [9.17, 15) is 14.9 Å². The molecule has 104 valence electrons. The summed E-state index contributed by atoms with van der Waals surface area (Å²) in [6.45, 7) is 0. The summed E-state index contributed by atoms with van der Waals surface area (Å²) in [4.78, 5) is 22.6. The van der Waals surface area contributed by atoms with Crippen molar-refractivity contribution in [1.29, 1.82) is 0 Å². The van der Waals surface area contributed by atoms with Gasteiger partial charge < -0.3 is 5.32 Å². The molecule has 2 N–H and O–H groups in total. The van der Waals surface area contributed by atoms with Crippen molar-refractivity contribution in [1.82, 2.24) is 10.2 Å². The van der Waals surface area contributed by atoms with Crippen molar-refractivity contribution in [3.8, 4) is 0 Å². The van der Waals surface area contributed by atoms with Crippen molar-refractivity contribution in [3.05, 3.63) is 64.3 Å². The summed E-state index contributed by atoms with van der Waals surface area (Å²) in [6, 6.07) is 13.1. The number of aromatic nitrogens is 2. The van der Waals surface area contributed by atoms with Gasteiger partial charge in [0.2, 0.25) is 0 Å². The number of nitrogens with one attached hydrogen (secondary N) is 2. The third-order valence-electron chi connectivity index (χ3n) is 3.03. The van der Waals surface area contributed by atoms with Crippen LogP contribution >= 0.6 is 0 Å². The molecule has 0 spiro atoms. The molecule has 0 unspecified atom stereocenters. The van der Waals surface area contributed by atoms with E-state index in [4.69, 9.17) is 0 Å². The summed E-state index contributed by atoms with van der Waals surface area (Å²) in [5.41, 5.74) is 0.902. The predicted molar refractivity (Wildman–Crippen MR) is 77.1 cm³/mol. The summed E-state index contributed by atoms with van der Waals surface area (Å²) >= 11 is 0. The van der Waals surface area contributed by atoms with E-state index in [2.05, 4.69) is 15.5 Å². The molecule has 1 heterocycles. The molecular weight excluding hydrogens is 272 g/mol. The molecule has 0 aliphatic rings. The van der Waals surface area contributed by atoms with Crippen LogP contribution in [0.5, 0.6) is 0 Å². The number of carbonyl (C=O) groups is 1. The lowest BCUT2D eigenvalue weighted by Crippen LogP contribution is -2.13. The second-order valence-corrected chi connectivity index (χ2v) is 4.35. The number of benzene rings is 2. The zero-order valence-electron chi connectivity index (χ0n) is 10.7. The zero-order valence-corrected chi connectivity index (χ0v) is 10.7. The van der Waals surface area contributed by atoms with Gasteiger partial charge in [0.1, 0.15) is 5.69 Å². The van der Waals surface area contributed by atoms with Crippen LogP contribution < -0.4 is 5.32 Å². The highest BCUT2D eigenvalue weighted by atomic mass is 16.6. The average Bonchev–Trinajstić information content (AvgIpc) is 2.91. The Kier molecular flexibility index (Phi) is 3.07. The first-order chi connectivity index (χ1) is 10.2. The first-order valence-electron chi connectivity index (χ1n) is 6.14. The smallest absolute Gasteiger partial charge is 0.292 e. The topological polar surface area (TPSA) is 101 Å². The molecule has 7 heteroatoms. The van der Waals surface area contributed by atoms with Gasteiger partial charge in [-0.15, -0.1) is 0 Å². The van der Waals surface area contributed by atoms with Crippen LogP contribution in [0.25, 0.3) is 10.9 Å². The van der Waals surface area contributed by atoms with Gasteiger partial charge in [-0.05, 0) is 12.1 Å². The zero-order chi connectivity index (χ0) is 14.8. The van der Waals surface area contributed by atoms with E-state index in [0.29, 0.717) is 5.39 Å². The second kappa shape index (κ2) is 5.04. The summed E-state index contributed by atoms with van der Waals surface area (Å²) in [5, 5.41) is 20.8. The fourth-order valence-electron chi connectivity index (χ4n) is 2.06. The number of rotatable bonds is 3. The normalized spacial score (nSPS) is 10.5. The van der Waals surface area contributed by atoms with Gasteiger partial charge in [0.15, 0.2) is 5.69 Å². The number of H-pyrrole nitrogens is 1. The predicted octanol–water partition coefficient (Wildman–Crippen LogP) is 2.72. The molecule has 2 aromatic carbocycles. The molecule has 1 aromatic heterocycles. The quantitative estimate of drug-likeness (QED) is 0.569. The summed E-state index contributed by atoms with van der Waals surface area (Å²) in [6.07, 6.45) is 0. The maximum Gasteiger partial charge on any atom is 0.292 e. The fraction of sp³-hybridized carbons (Fsp3) is 0. The number of nitro groups is 1. The Hall–Kier alpha value is -3.22. The third-order valence-corrected chi connectivity index (χ3v) is 3.03. The summed E-state index contributed by atoms with van der Waals surface area (Å²) < 4.78 is 0. The van der Waals surface area contributed by atoms with Crippen LogP contribution in [0.3, 0.4) is 0 Å². The van der Waals surface area contributed by atoms with Gasteiger partial charge in [-0.1, -0.05) is 30.3 Å². The molecular formula is C14H10N4O3. The highest BCUT2D eigenvalue weighted by Gasteiger charge is 2.18. The molecule has 0 atom stereocenters. The number of aromatic amines is 1. The standard InChI is InChI=1S/C14H10N4O3/c19-14(13-9-5-1-2-6-10(9)16-17-13)15-11-7-3-4-8-12(11)18(20)21/h1-8H,(H,15,19)(H,16,17). The SMILES string of the molecule is O=C(Nc1ccccc1[N+](=O)[O-])c1n[nH]c2ccccc12. The third kappa shape index (κ3) is 2.32. The van der Waals surface area contributed by atoms with Crippen LogP contribution in [0.15, 0.2) is 48.5 Å². The molecule has 0 saturated carbocycles. The minimum atomic E-state index is -0.543. The molecule has 0 saturated heterocycles. The lowest BCUT2D eigenvalue weighted by molar-refractivity contribution is -0.383. The monoisotopic (exact) mass is 282 g/mol. The number of hydrogen-bond donors (Lipinski definition) is 2. The van der Waals surface area contributed by atoms with Gasteiger partial charge in [0.05, 0.1) is 10.4 Å². The van der Waals surface area contributed by atoms with E-state index < -0.39 is 10.8 Å². The fourth-order valence-corrected chi connectivity index (χ4v) is 2.06. The van der Waals surface area contributed by atoms with Gasteiger partial charge in [-0.2, -0.15) is 5.10 Å². The van der Waals surface area contributed by atoms with Crippen LogP contribution in [0, 0.1) is 10.1 Å². The summed E-state index contributed by atoms with van der Waals surface area (Å²) in [5.74, 6) is -0.498. The van der Waals surface area contributed by atoms with Gasteiger partial charge in [-0.3, -0.25) is 20.0 Å². The molecule has 3 aromatic rings. The van der Waals surface area contributed by atoms with Crippen molar-refractivity contribution in [2.24, 2.45) is 0 Å². The Morgan fingerprint density at radius 3 is 2.67 bits per heavy atom. The molecule has 21 heavy (non-hydrogen) atoms. The Bertz CT molecular complexity index is 841. The summed E-state index contributed by atoms with van der Waals surface area (Å²) in [7, 11) is 0. The molecule has 7 nitrogen and oxygen atoms in total. The maximum atomic E-state index is 12.2. The molecule has 0 fully saturated rings. The van der Waals surface area contributed by atoms with Gasteiger partial charge >= 0.3 is 0 Å². The van der Waals surface area contributed by atoms with Crippen LogP contribution in [-0.2, 0) is 0 Å². The van der Waals surface area contributed by atoms with Crippen molar-refractivity contribution >= 4 is 28.2 Å². The van der Waals surface area contributed by atoms with Crippen molar-refractivity contribution < 1.29 is 9.72 Å². The number of nitrogens with zero attached hydrogens (tertiary/aromatic N) is 2. The van der Waals surface area contributed by atoms with Crippen LogP contribution in [-0.4, -0.2) is 21.0 Å². The lowest BCUT2D eigenvalue weighted by atomic mass is 10.2. The molecule has 0 aliphatic carbocycles. The number of para-hydroxylation sites is 3. The Morgan fingerprint density at radius 2 is 1.86 bits per heavy atom. The van der Waals surface area contributed by atoms with E-state index >= 15 is 0 Å². The van der Waals surface area contributed by atoms with Crippen LogP contribution in [0.1, 0.15) is 10.5 Å². The van der Waals surface area contributed by atoms with Crippen molar-refractivity contribution in [2.75, 3.05) is 5.32 Å². The Balaban J connectivity index is 1.96. The number of amides is 1. The minimum absolute atomic E-state index is 0.139. The van der Waals surface area contributed by atoms with Crippen LogP contribution in [0.2, 0.25) is 0 Å². The van der Waals surface area contributed by atoms with Crippen LogP contribution in [0.4, 0.5) is 11.4 Å². The van der Waals surface area contributed by atoms with E-state index in [0.717, 1.165) is 5.52 Å². The van der Waals surface area contributed by atoms with E-state index in [1.54, 1.807) is 24.3 Å². The number of fused-ring (bicyclic) bond motifs is 1. The number of nitro benzene ring substituents is 1. The molecule has 0 aliphatic heterocycles. The van der Waals surface area contributed by atoms with Gasteiger partial charge in [0, 0.05) is 11.5 Å². The number of carbonyl (C=O) groups excluding carboxylic acids is 1. The largest absolute Gasteiger partial charge is 0.315 e. The minimum Gasteiger partial charge on any atom is -0.315 e. The van der Waals surface area contributed by atoms with E-state index in [1.807, 2.05) is 6.07 Å². The number of hydrogen-bond acceptors (Lipinski definition) is 4. The number of anilines is 1. The second-order valence-electron chi connectivity index (χ2n) is 4.35. The van der Waals surface area contributed by atoms with E-state index in [-0.39, 0.29) is 17.1 Å². The lowest BCUT2D eigenvalue weighted by Gasteiger charge is -2.04. The van der Waals surface area contributed by atoms with E-state index in [1.165, 1.54) is 18.2 Å². The maximum absolute atomic E-state index is 12.2. The van der Waals surface area contributed by atoms with Crippen molar-refractivity contribution in [2.45, 2.75) is 0 Å². The Labute approximate surface area is 118 Å². The van der Waals surface area contributed by atoms with Gasteiger partial charge in [-0.25, -0.2) is 0 Å². The first-order valence-corrected chi connectivity index (χ1v) is 6.14. The van der Waals surface area contributed by atoms with Crippen molar-refractivity contribution in [3.63, 3.8) is 0 Å². The average molecular weight is 282 g/mol. The molecule has 0 bridgehead atoms. The molecule has 3 rings (SSSR count). The highest BCUT2D eigenvalue weighted by Crippen LogP contribution is 2.24. The molecule has 1 amide bonds. The highest BCUT2D eigenvalue weighted by molar-refractivity contribution is 6.11.